The van der Waals surface area contributed by atoms with E-state index >= 15 is 0 Å². The van der Waals surface area contributed by atoms with Crippen LogP contribution in [0.25, 0.3) is 16.3 Å². The highest BCUT2D eigenvalue weighted by atomic mass is 31.1. The quantitative estimate of drug-likeness (QED) is 0.238. The van der Waals surface area contributed by atoms with Crippen molar-refractivity contribution in [3.63, 3.8) is 0 Å². The van der Waals surface area contributed by atoms with Gasteiger partial charge in [-0.3, -0.25) is 0 Å². The van der Waals surface area contributed by atoms with Crippen LogP contribution in [0.15, 0.2) is 127 Å². The maximum Gasteiger partial charge on any atom is -0.00161 e. The molecular weight excluding hydrogens is 439 g/mol. The van der Waals surface area contributed by atoms with Crippen molar-refractivity contribution in [1.82, 2.24) is 0 Å². The van der Waals surface area contributed by atoms with Crippen molar-refractivity contribution in [3.05, 3.63) is 144 Å². The Morgan fingerprint density at radius 3 is 1.94 bits per heavy atom. The summed E-state index contributed by atoms with van der Waals surface area (Å²) in [6.07, 6.45) is 1.11. The summed E-state index contributed by atoms with van der Waals surface area (Å²) >= 11 is 0. The maximum atomic E-state index is 2.41. The molecule has 0 radical (unpaired) electrons. The van der Waals surface area contributed by atoms with Gasteiger partial charge in [-0.1, -0.05) is 134 Å². The number of rotatable bonds is 4. The summed E-state index contributed by atoms with van der Waals surface area (Å²) in [4.78, 5) is 0. The summed E-state index contributed by atoms with van der Waals surface area (Å²) in [5, 5.41) is 6.87. The molecule has 0 saturated heterocycles. The van der Waals surface area contributed by atoms with E-state index in [4.69, 9.17) is 0 Å². The highest BCUT2D eigenvalue weighted by molar-refractivity contribution is 7.80. The Labute approximate surface area is 209 Å². The van der Waals surface area contributed by atoms with Gasteiger partial charge in [-0.25, -0.2) is 0 Å². The Morgan fingerprint density at radius 2 is 1.23 bits per heavy atom. The molecule has 1 aliphatic rings. The molecule has 0 spiro atoms. The Hall–Kier alpha value is -3.47. The molecule has 0 N–H and O–H groups in total. The first-order chi connectivity index (χ1) is 17.2. The van der Waals surface area contributed by atoms with E-state index in [9.17, 15) is 0 Å². The van der Waals surface area contributed by atoms with Gasteiger partial charge in [0.2, 0.25) is 0 Å². The fourth-order valence-electron chi connectivity index (χ4n) is 5.51. The molecule has 1 unspecified atom stereocenters. The van der Waals surface area contributed by atoms with E-state index in [0.717, 1.165) is 6.42 Å². The third kappa shape index (κ3) is 3.93. The van der Waals surface area contributed by atoms with Crippen molar-refractivity contribution in [1.29, 1.82) is 0 Å². The van der Waals surface area contributed by atoms with Crippen LogP contribution in [0.1, 0.15) is 30.5 Å². The van der Waals surface area contributed by atoms with Crippen LogP contribution in [0.5, 0.6) is 0 Å². The summed E-state index contributed by atoms with van der Waals surface area (Å²) in [7, 11) is -0.722. The number of allylic oxidation sites excluding steroid dienone is 1. The number of fused-ring (bicyclic) bond motifs is 2. The average Bonchev–Trinajstić information content (AvgIpc) is 2.91. The lowest BCUT2D eigenvalue weighted by Gasteiger charge is -2.31. The van der Waals surface area contributed by atoms with E-state index < -0.39 is 7.92 Å². The topological polar surface area (TPSA) is 0 Å². The summed E-state index contributed by atoms with van der Waals surface area (Å²) < 4.78 is 0. The molecule has 0 nitrogen and oxygen atoms in total. The van der Waals surface area contributed by atoms with Gasteiger partial charge in [0.15, 0.2) is 0 Å². The van der Waals surface area contributed by atoms with Crippen LogP contribution in [0.4, 0.5) is 0 Å². The zero-order valence-electron chi connectivity index (χ0n) is 20.3. The van der Waals surface area contributed by atoms with E-state index in [1.54, 1.807) is 0 Å². The average molecular weight is 469 g/mol. The van der Waals surface area contributed by atoms with Crippen molar-refractivity contribution in [2.45, 2.75) is 20.3 Å². The third-order valence-corrected chi connectivity index (χ3v) is 9.86. The van der Waals surface area contributed by atoms with E-state index in [2.05, 4.69) is 135 Å². The van der Waals surface area contributed by atoms with Crippen molar-refractivity contribution in [2.24, 2.45) is 5.92 Å². The van der Waals surface area contributed by atoms with Gasteiger partial charge in [-0.15, -0.1) is 0 Å². The van der Waals surface area contributed by atoms with Crippen LogP contribution in [0.2, 0.25) is 0 Å². The number of benzene rings is 5. The lowest BCUT2D eigenvalue weighted by atomic mass is 9.77. The largest absolute Gasteiger partial charge is 0.0622 e. The zero-order chi connectivity index (χ0) is 23.8. The van der Waals surface area contributed by atoms with Gasteiger partial charge in [-0.2, -0.15) is 0 Å². The fraction of sp³-hybridized carbons (Fsp3) is 0.118. The first kappa shape index (κ1) is 22.0. The van der Waals surface area contributed by atoms with Crippen molar-refractivity contribution >= 4 is 40.2 Å². The van der Waals surface area contributed by atoms with Gasteiger partial charge in [-0.05, 0) is 76.1 Å². The maximum absolute atomic E-state index is 2.41. The predicted octanol–water partition coefficient (Wildman–Crippen LogP) is 7.61. The van der Waals surface area contributed by atoms with Gasteiger partial charge in [0.25, 0.3) is 0 Å². The number of hydrogen-bond acceptors (Lipinski definition) is 0. The molecule has 5 aromatic rings. The van der Waals surface area contributed by atoms with Gasteiger partial charge in [0, 0.05) is 0 Å². The summed E-state index contributed by atoms with van der Waals surface area (Å²) in [5.74, 6) is 0.520. The highest BCUT2D eigenvalue weighted by Crippen LogP contribution is 2.44. The zero-order valence-corrected chi connectivity index (χ0v) is 21.2. The third-order valence-electron chi connectivity index (χ3n) is 7.37. The lowest BCUT2D eigenvalue weighted by molar-refractivity contribution is 0.668. The molecule has 0 aromatic heterocycles. The molecule has 1 aliphatic carbocycles. The summed E-state index contributed by atoms with van der Waals surface area (Å²) in [5.41, 5.74) is 7.21. The van der Waals surface area contributed by atoms with Crippen molar-refractivity contribution in [3.8, 4) is 0 Å². The Bertz CT molecular complexity index is 1490. The molecule has 0 bridgehead atoms. The lowest BCUT2D eigenvalue weighted by Crippen LogP contribution is -2.25. The molecule has 35 heavy (non-hydrogen) atoms. The van der Waals surface area contributed by atoms with Crippen LogP contribution in [0.3, 0.4) is 0 Å². The van der Waals surface area contributed by atoms with Crippen molar-refractivity contribution < 1.29 is 0 Å². The van der Waals surface area contributed by atoms with Gasteiger partial charge >= 0.3 is 0 Å². The molecule has 170 valence electrons. The van der Waals surface area contributed by atoms with Crippen LogP contribution in [0, 0.1) is 5.92 Å². The predicted molar refractivity (Wildman–Crippen MR) is 154 cm³/mol. The smallest absolute Gasteiger partial charge is 0.00161 e. The molecule has 0 fully saturated rings. The van der Waals surface area contributed by atoms with Crippen LogP contribution in [-0.4, -0.2) is 0 Å². The molecule has 6 rings (SSSR count). The molecular formula is C34H29P. The molecule has 0 amide bonds. The minimum atomic E-state index is -0.722. The van der Waals surface area contributed by atoms with E-state index in [0.29, 0.717) is 5.92 Å². The summed E-state index contributed by atoms with van der Waals surface area (Å²) in [6.45, 7) is 4.74. The summed E-state index contributed by atoms with van der Waals surface area (Å²) in [6, 6.07) is 44.8. The highest BCUT2D eigenvalue weighted by Gasteiger charge is 2.28. The molecule has 1 atom stereocenters. The minimum Gasteiger partial charge on any atom is -0.0622 e. The molecule has 0 heterocycles. The Balaban J connectivity index is 1.73. The SMILES string of the molecule is CC1=C(c2c(P(c3ccccc3)c3ccccc3)ccc3ccccc23)c2ccccc2CC1C. The molecule has 0 aliphatic heterocycles. The van der Waals surface area contributed by atoms with Gasteiger partial charge in [0.05, 0.1) is 0 Å². The van der Waals surface area contributed by atoms with Gasteiger partial charge in [0.1, 0.15) is 0 Å². The fourth-order valence-corrected chi connectivity index (χ4v) is 7.98. The molecule has 1 heteroatoms. The monoisotopic (exact) mass is 468 g/mol. The molecule has 5 aromatic carbocycles. The van der Waals surface area contributed by atoms with Crippen molar-refractivity contribution in [2.75, 3.05) is 0 Å². The van der Waals surface area contributed by atoms with Gasteiger partial charge < -0.3 is 0 Å². The van der Waals surface area contributed by atoms with Crippen LogP contribution in [-0.2, 0) is 6.42 Å². The molecule has 0 saturated carbocycles. The second-order valence-electron chi connectivity index (χ2n) is 9.51. The second-order valence-corrected chi connectivity index (χ2v) is 11.7. The second kappa shape index (κ2) is 9.29. The first-order valence-electron chi connectivity index (χ1n) is 12.4. The normalized spacial score (nSPS) is 15.5. The van der Waals surface area contributed by atoms with E-state index in [1.807, 2.05) is 0 Å². The van der Waals surface area contributed by atoms with E-state index in [1.165, 1.54) is 54.5 Å². The van der Waals surface area contributed by atoms with Crippen LogP contribution < -0.4 is 15.9 Å². The standard InChI is InChI=1S/C34H29P/c1-24-23-27-14-10-12-20-31(27)33(25(24)2)34-30-19-11-9-13-26(30)21-22-32(34)35(28-15-5-3-6-16-28)29-17-7-4-8-18-29/h3-22,24H,23H2,1-2H3. The van der Waals surface area contributed by atoms with E-state index in [-0.39, 0.29) is 0 Å². The number of hydrogen-bond donors (Lipinski definition) is 0. The first-order valence-corrected chi connectivity index (χ1v) is 13.8. The minimum absolute atomic E-state index is 0.520. The Morgan fingerprint density at radius 1 is 0.629 bits per heavy atom. The van der Waals surface area contributed by atoms with Crippen LogP contribution >= 0.6 is 7.92 Å². The Kier molecular flexibility index (Phi) is 5.85.